The highest BCUT2D eigenvalue weighted by Gasteiger charge is 2.58. The van der Waals surface area contributed by atoms with Crippen LogP contribution in [0.2, 0.25) is 0 Å². The van der Waals surface area contributed by atoms with Crippen LogP contribution in [0.3, 0.4) is 0 Å². The van der Waals surface area contributed by atoms with E-state index in [1.54, 1.807) is 54.6 Å². The molecule has 1 amide bonds. The van der Waals surface area contributed by atoms with Crippen LogP contribution in [0.1, 0.15) is 54.1 Å². The Morgan fingerprint density at radius 1 is 0.831 bits per heavy atom. The highest BCUT2D eigenvalue weighted by Crippen LogP contribution is 2.47. The first kappa shape index (κ1) is 43.3. The van der Waals surface area contributed by atoms with Gasteiger partial charge in [0.15, 0.2) is 12.4 Å². The van der Waals surface area contributed by atoms with Crippen LogP contribution in [0.5, 0.6) is 0 Å². The first-order valence-corrected chi connectivity index (χ1v) is 20.8. The van der Waals surface area contributed by atoms with Crippen molar-refractivity contribution < 1.29 is 78.4 Å². The van der Waals surface area contributed by atoms with Gasteiger partial charge in [-0.25, -0.2) is 9.18 Å². The Morgan fingerprint density at radius 3 is 2.12 bits per heavy atom. The van der Waals surface area contributed by atoms with E-state index in [9.17, 15) is 64.1 Å². The van der Waals surface area contributed by atoms with E-state index in [4.69, 9.17) is 14.2 Å². The monoisotopic (exact) mass is 845 g/mol. The van der Waals surface area contributed by atoms with Crippen molar-refractivity contribution in [1.82, 2.24) is 0 Å². The number of benzene rings is 3. The number of carboxylic acid groups (broad SMARTS) is 1. The number of carbonyl (C=O) groups excluding carboxylic acids is 1. The zero-order valence-electron chi connectivity index (χ0n) is 31.5. The minimum atomic E-state index is -1.99. The maximum Gasteiger partial charge on any atom is 0.335 e. The lowest BCUT2D eigenvalue weighted by molar-refractivity contribution is -0.310. The number of hydrogen-bond donors (Lipinski definition) is 9. The van der Waals surface area contributed by atoms with Crippen molar-refractivity contribution in [3.05, 3.63) is 101 Å². The van der Waals surface area contributed by atoms with Gasteiger partial charge in [-0.2, -0.15) is 0 Å². The molecule has 3 heterocycles. The molecular formula is C41H48FNO15S. The average molecular weight is 846 g/mol. The molecule has 4 aliphatic rings. The van der Waals surface area contributed by atoms with Gasteiger partial charge in [0.05, 0.1) is 30.6 Å². The molecule has 7 unspecified atom stereocenters. The van der Waals surface area contributed by atoms with E-state index in [2.05, 4.69) is 0 Å². The number of anilines is 1. The number of aliphatic carboxylic acids is 1. The molecule has 0 bridgehead atoms. The van der Waals surface area contributed by atoms with E-state index >= 15 is 0 Å². The number of hydrogen-bond acceptors (Lipinski definition) is 14. The van der Waals surface area contributed by atoms with Crippen LogP contribution >= 0.6 is 0 Å². The van der Waals surface area contributed by atoms with E-state index < -0.39 is 126 Å². The number of aliphatic hydroxyl groups excluding tert-OH is 8. The van der Waals surface area contributed by atoms with E-state index in [0.29, 0.717) is 29.7 Å². The molecule has 0 aromatic heterocycles. The van der Waals surface area contributed by atoms with Crippen LogP contribution in [0.25, 0.3) is 0 Å². The number of β-lactam (4-membered cyclic amide) rings is 1. The lowest BCUT2D eigenvalue weighted by atomic mass is 9.70. The minimum Gasteiger partial charge on any atom is -0.479 e. The summed E-state index contributed by atoms with van der Waals surface area (Å²) in [5, 5.41) is 92.5. The summed E-state index contributed by atoms with van der Waals surface area (Å²) in [5.74, 6) is -3.88. The molecule has 9 N–H and O–H groups in total. The van der Waals surface area contributed by atoms with Gasteiger partial charge in [0.25, 0.3) is 0 Å². The first-order chi connectivity index (χ1) is 28.2. The summed E-state index contributed by atoms with van der Waals surface area (Å²) in [6.07, 6.45) is -17.6. The topological polar surface area (TPSA) is 264 Å². The Balaban J connectivity index is 1.19. The molecule has 16 nitrogen and oxygen atoms in total. The Hall–Kier alpha value is -3.76. The van der Waals surface area contributed by atoms with Crippen molar-refractivity contribution in [1.29, 1.82) is 0 Å². The normalized spacial score (nSPS) is 37.3. The van der Waals surface area contributed by atoms with Crippen molar-refractivity contribution in [2.75, 3.05) is 17.3 Å². The first-order valence-electron chi connectivity index (χ1n) is 19.4. The SMILES string of the molecule is O=C(O)C1O[C@@H](O[C@@H]2CC(c3ccc(C4O[C@H](CO)[C@@H](O)[C@H](O)[C@H]4O)cc3)CCC2[C@@H]2[C@@H](S(=O)C[C@H](O)c3ccc(F)cc3)C(=O)N2c2ccccc2)C(O)C(O)[C@@H]1O. The number of amides is 1. The maximum atomic E-state index is 14.1. The second-order valence-corrected chi connectivity index (χ2v) is 17.2. The molecule has 1 saturated carbocycles. The summed E-state index contributed by atoms with van der Waals surface area (Å²) in [4.78, 5) is 27.5. The van der Waals surface area contributed by atoms with Crippen molar-refractivity contribution in [2.45, 2.75) is 110 Å². The average Bonchev–Trinajstić information content (AvgIpc) is 3.23. The van der Waals surface area contributed by atoms with Gasteiger partial charge in [-0.1, -0.05) is 54.6 Å². The predicted octanol–water partition coefficient (Wildman–Crippen LogP) is -0.232. The third kappa shape index (κ3) is 8.59. The van der Waals surface area contributed by atoms with Gasteiger partial charge in [0, 0.05) is 22.4 Å². The highest BCUT2D eigenvalue weighted by molar-refractivity contribution is 7.86. The predicted molar refractivity (Wildman–Crippen MR) is 204 cm³/mol. The molecule has 17 atom stereocenters. The highest BCUT2D eigenvalue weighted by atomic mass is 32.2. The maximum absolute atomic E-state index is 14.1. The van der Waals surface area contributed by atoms with Crippen molar-refractivity contribution in [3.8, 4) is 0 Å². The zero-order valence-corrected chi connectivity index (χ0v) is 32.3. The number of para-hydroxylation sites is 1. The molecule has 3 aromatic rings. The Bertz CT molecular complexity index is 1940. The van der Waals surface area contributed by atoms with Crippen LogP contribution in [0.4, 0.5) is 10.1 Å². The molecule has 320 valence electrons. The number of carbonyl (C=O) groups is 2. The minimum absolute atomic E-state index is 0.178. The van der Waals surface area contributed by atoms with Gasteiger partial charge >= 0.3 is 5.97 Å². The summed E-state index contributed by atoms with van der Waals surface area (Å²) in [6.45, 7) is -0.593. The van der Waals surface area contributed by atoms with E-state index in [1.165, 1.54) is 17.0 Å². The molecular weight excluding hydrogens is 798 g/mol. The number of rotatable bonds is 12. The van der Waals surface area contributed by atoms with Gasteiger partial charge < -0.3 is 65.1 Å². The van der Waals surface area contributed by atoms with E-state index in [1.807, 2.05) is 0 Å². The third-order valence-corrected chi connectivity index (χ3v) is 13.7. The van der Waals surface area contributed by atoms with Crippen LogP contribution in [0.15, 0.2) is 78.9 Å². The largest absolute Gasteiger partial charge is 0.479 e. The van der Waals surface area contributed by atoms with Crippen LogP contribution in [0, 0.1) is 11.7 Å². The fraction of sp³-hybridized carbons (Fsp3) is 0.512. The summed E-state index contributed by atoms with van der Waals surface area (Å²) >= 11 is 0. The van der Waals surface area contributed by atoms with Gasteiger partial charge in [0.1, 0.15) is 59.9 Å². The lowest BCUT2D eigenvalue weighted by Gasteiger charge is -2.54. The number of nitrogens with zero attached hydrogens (tertiary/aromatic N) is 1. The summed E-state index contributed by atoms with van der Waals surface area (Å²) < 4.78 is 45.4. The molecule has 3 aromatic carbocycles. The summed E-state index contributed by atoms with van der Waals surface area (Å²) in [6, 6.07) is 19.7. The molecule has 7 rings (SSSR count). The van der Waals surface area contributed by atoms with Crippen LogP contribution in [-0.4, -0.2) is 147 Å². The summed E-state index contributed by atoms with van der Waals surface area (Å²) in [5.41, 5.74) is 2.04. The van der Waals surface area contributed by atoms with Gasteiger partial charge in [-0.05, 0) is 66.1 Å². The van der Waals surface area contributed by atoms with Crippen LogP contribution in [-0.2, 0) is 34.6 Å². The number of aliphatic hydroxyl groups is 8. The number of halogens is 1. The third-order valence-electron chi connectivity index (χ3n) is 12.0. The molecule has 0 radical (unpaired) electrons. The fourth-order valence-corrected chi connectivity index (χ4v) is 10.5. The molecule has 3 saturated heterocycles. The molecule has 3 aliphatic heterocycles. The second kappa shape index (κ2) is 18.1. The Morgan fingerprint density at radius 2 is 1.47 bits per heavy atom. The second-order valence-electron chi connectivity index (χ2n) is 15.6. The standard InChI is InChI=1S/C41H48FNO15S/c42-23-13-10-20(11-14-23)26(45)18-59(55)38-29(43(39(38)52)24-4-2-1-3-5-24)25-15-12-22(16-27(25)57-41-35(51)32(48)34(50)37(58-41)40(53)54)19-6-8-21(9-7-19)36-33(49)31(47)30(46)28(17-44)56-36/h1-11,13-14,22,25-38,41,44-51H,12,15-18H2,(H,53,54)/t22?,25?,26-,27+,28+,29+,30+,31-,32?,33+,34-,35?,36?,37?,38+,41+,59?/m0/s1. The molecule has 59 heavy (non-hydrogen) atoms. The van der Waals surface area contributed by atoms with Crippen molar-refractivity contribution >= 4 is 28.4 Å². The quantitative estimate of drug-likeness (QED) is 0.107. The van der Waals surface area contributed by atoms with Crippen molar-refractivity contribution in [2.24, 2.45) is 5.92 Å². The fourth-order valence-electron chi connectivity index (χ4n) is 8.77. The molecule has 18 heteroatoms. The van der Waals surface area contributed by atoms with E-state index in [-0.39, 0.29) is 18.1 Å². The molecule has 0 spiro atoms. The summed E-state index contributed by atoms with van der Waals surface area (Å²) in [7, 11) is -1.99. The van der Waals surface area contributed by atoms with Crippen molar-refractivity contribution in [3.63, 3.8) is 0 Å². The number of carboxylic acids is 1. The van der Waals surface area contributed by atoms with Gasteiger partial charge in [-0.15, -0.1) is 0 Å². The Kier molecular flexibility index (Phi) is 13.3. The Labute approximate surface area is 340 Å². The zero-order chi connectivity index (χ0) is 42.3. The van der Waals surface area contributed by atoms with Gasteiger partial charge in [0.2, 0.25) is 5.91 Å². The molecule has 1 aliphatic carbocycles. The molecule has 4 fully saturated rings. The van der Waals surface area contributed by atoms with Crippen LogP contribution < -0.4 is 4.90 Å². The number of ether oxygens (including phenoxy) is 3. The smallest absolute Gasteiger partial charge is 0.335 e. The van der Waals surface area contributed by atoms with E-state index in [0.717, 1.165) is 17.7 Å². The van der Waals surface area contributed by atoms with Gasteiger partial charge in [-0.3, -0.25) is 9.00 Å². The lowest BCUT2D eigenvalue weighted by Crippen LogP contribution is -2.71.